The van der Waals surface area contributed by atoms with Crippen LogP contribution in [0.3, 0.4) is 0 Å². The summed E-state index contributed by atoms with van der Waals surface area (Å²) in [6.45, 7) is 0. The van der Waals surface area contributed by atoms with Crippen LogP contribution in [0.15, 0.2) is 48.5 Å². The normalized spacial score (nSPS) is 23.6. The Kier molecular flexibility index (Phi) is 5.35. The molecule has 0 aromatic heterocycles. The van der Waals surface area contributed by atoms with Crippen molar-refractivity contribution < 1.29 is 18.4 Å². The van der Waals surface area contributed by atoms with Crippen molar-refractivity contribution in [3.63, 3.8) is 0 Å². The highest BCUT2D eigenvalue weighted by atomic mass is 19.2. The van der Waals surface area contributed by atoms with Gasteiger partial charge in [-0.1, -0.05) is 31.0 Å². The lowest BCUT2D eigenvalue weighted by Gasteiger charge is -2.34. The van der Waals surface area contributed by atoms with E-state index < -0.39 is 17.7 Å². The molecule has 4 rings (SSSR count). The van der Waals surface area contributed by atoms with Crippen LogP contribution in [0.1, 0.15) is 42.5 Å². The molecule has 152 valence electrons. The monoisotopic (exact) mass is 398 g/mol. The van der Waals surface area contributed by atoms with Crippen LogP contribution in [0.4, 0.5) is 14.5 Å². The molecule has 2 aliphatic rings. The third-order valence-electron chi connectivity index (χ3n) is 6.25. The van der Waals surface area contributed by atoms with Crippen LogP contribution >= 0.6 is 0 Å². The van der Waals surface area contributed by atoms with Crippen LogP contribution in [0.25, 0.3) is 0 Å². The second-order valence-electron chi connectivity index (χ2n) is 7.94. The van der Waals surface area contributed by atoms with Crippen LogP contribution in [0.2, 0.25) is 0 Å². The summed E-state index contributed by atoms with van der Waals surface area (Å²) < 4.78 is 27.0. The Hall–Kier alpha value is -2.76. The number of likely N-dealkylation sites (tertiary alicyclic amines) is 1. The van der Waals surface area contributed by atoms with Crippen molar-refractivity contribution in [3.8, 4) is 0 Å². The fourth-order valence-corrected chi connectivity index (χ4v) is 4.75. The predicted molar refractivity (Wildman–Crippen MR) is 107 cm³/mol. The predicted octanol–water partition coefficient (Wildman–Crippen LogP) is 4.40. The molecular formula is C23H24F2N2O2. The van der Waals surface area contributed by atoms with Crippen LogP contribution in [0, 0.1) is 17.6 Å². The van der Waals surface area contributed by atoms with Crippen LogP contribution in [0.5, 0.6) is 0 Å². The Bertz CT molecular complexity index is 918. The van der Waals surface area contributed by atoms with E-state index in [2.05, 4.69) is 0 Å². The maximum Gasteiger partial charge on any atom is 0.254 e. The maximum atomic E-state index is 13.7. The molecule has 29 heavy (non-hydrogen) atoms. The lowest BCUT2D eigenvalue weighted by Crippen LogP contribution is -2.50. The number of carbonyl (C=O) groups excluding carboxylic acids is 2. The molecule has 2 aromatic rings. The quantitative estimate of drug-likeness (QED) is 0.769. The van der Waals surface area contributed by atoms with Gasteiger partial charge in [0, 0.05) is 30.4 Å². The molecular weight excluding hydrogens is 374 g/mol. The van der Waals surface area contributed by atoms with Gasteiger partial charge in [0.2, 0.25) is 5.91 Å². The van der Waals surface area contributed by atoms with E-state index >= 15 is 0 Å². The Morgan fingerprint density at radius 2 is 1.72 bits per heavy atom. The first-order valence-corrected chi connectivity index (χ1v) is 10.1. The molecule has 1 aliphatic heterocycles. The van der Waals surface area contributed by atoms with Gasteiger partial charge in [0.1, 0.15) is 6.04 Å². The van der Waals surface area contributed by atoms with Gasteiger partial charge < -0.3 is 9.80 Å². The van der Waals surface area contributed by atoms with Crippen molar-refractivity contribution in [2.24, 2.45) is 5.92 Å². The number of amides is 2. The highest BCUT2D eigenvalue weighted by Crippen LogP contribution is 2.41. The minimum atomic E-state index is -1.00. The molecule has 0 radical (unpaired) electrons. The Morgan fingerprint density at radius 1 is 1.00 bits per heavy atom. The second kappa shape index (κ2) is 7.93. The Labute approximate surface area is 169 Å². The van der Waals surface area contributed by atoms with Gasteiger partial charge in [-0.15, -0.1) is 0 Å². The fourth-order valence-electron chi connectivity index (χ4n) is 4.75. The SMILES string of the molecule is CN(C(=O)C1CC2CCCCC2N1C(=O)c1ccccc1)c1ccc(F)c(F)c1. The molecule has 1 aliphatic carbocycles. The molecule has 3 atom stereocenters. The number of fused-ring (bicyclic) bond motifs is 1. The summed E-state index contributed by atoms with van der Waals surface area (Å²) in [5.41, 5.74) is 0.836. The third kappa shape index (κ3) is 3.63. The smallest absolute Gasteiger partial charge is 0.254 e. The standard InChI is InChI=1S/C23H24F2N2O2/c1-26(17-11-12-18(24)19(25)14-17)23(29)21-13-16-9-5-6-10-20(16)27(21)22(28)15-7-3-2-4-8-15/h2-4,7-8,11-12,14,16,20-21H,5-6,9-10,13H2,1H3. The molecule has 1 saturated heterocycles. The molecule has 0 N–H and O–H groups in total. The number of hydrogen-bond acceptors (Lipinski definition) is 2. The van der Waals surface area contributed by atoms with Crippen LogP contribution < -0.4 is 4.90 Å². The van der Waals surface area contributed by atoms with Gasteiger partial charge in [0.05, 0.1) is 0 Å². The van der Waals surface area contributed by atoms with Crippen molar-refractivity contribution >= 4 is 17.5 Å². The third-order valence-corrected chi connectivity index (χ3v) is 6.25. The van der Waals surface area contributed by atoms with E-state index in [1.165, 1.54) is 11.0 Å². The zero-order chi connectivity index (χ0) is 20.5. The van der Waals surface area contributed by atoms with Crippen molar-refractivity contribution in [1.82, 2.24) is 4.90 Å². The van der Waals surface area contributed by atoms with Crippen LogP contribution in [-0.4, -0.2) is 35.8 Å². The van der Waals surface area contributed by atoms with Gasteiger partial charge in [-0.05, 0) is 49.4 Å². The van der Waals surface area contributed by atoms with Crippen molar-refractivity contribution in [3.05, 3.63) is 65.7 Å². The van der Waals surface area contributed by atoms with Crippen LogP contribution in [-0.2, 0) is 4.79 Å². The number of likely N-dealkylation sites (N-methyl/N-ethyl adjacent to an activating group) is 1. The van der Waals surface area contributed by atoms with Gasteiger partial charge in [-0.3, -0.25) is 9.59 Å². The fraction of sp³-hybridized carbons (Fsp3) is 0.391. The van der Waals surface area contributed by atoms with E-state index in [9.17, 15) is 18.4 Å². The number of benzene rings is 2. The van der Waals surface area contributed by atoms with Crippen molar-refractivity contribution in [2.45, 2.75) is 44.2 Å². The second-order valence-corrected chi connectivity index (χ2v) is 7.94. The summed E-state index contributed by atoms with van der Waals surface area (Å²) in [5, 5.41) is 0. The highest BCUT2D eigenvalue weighted by Gasteiger charge is 2.48. The number of hydrogen-bond donors (Lipinski definition) is 0. The highest BCUT2D eigenvalue weighted by molar-refractivity contribution is 6.02. The maximum absolute atomic E-state index is 13.7. The summed E-state index contributed by atoms with van der Waals surface area (Å²) >= 11 is 0. The first kappa shape index (κ1) is 19.6. The van der Waals surface area contributed by atoms with Gasteiger partial charge in [-0.2, -0.15) is 0 Å². The Balaban J connectivity index is 1.65. The summed E-state index contributed by atoms with van der Waals surface area (Å²) in [4.78, 5) is 29.7. The molecule has 3 unspecified atom stereocenters. The molecule has 2 aromatic carbocycles. The van der Waals surface area contributed by atoms with E-state index in [1.54, 1.807) is 24.1 Å². The average molecular weight is 398 g/mol. The molecule has 1 saturated carbocycles. The number of nitrogens with zero attached hydrogens (tertiary/aromatic N) is 2. The molecule has 4 nitrogen and oxygen atoms in total. The number of rotatable bonds is 3. The lowest BCUT2D eigenvalue weighted by atomic mass is 9.84. The Morgan fingerprint density at radius 3 is 2.45 bits per heavy atom. The summed E-state index contributed by atoms with van der Waals surface area (Å²) in [6, 6.07) is 11.8. The minimum Gasteiger partial charge on any atom is -0.323 e. The van der Waals surface area contributed by atoms with Crippen molar-refractivity contribution in [2.75, 3.05) is 11.9 Å². The molecule has 2 amide bonds. The number of carbonyl (C=O) groups is 2. The van der Waals surface area contributed by atoms with Gasteiger partial charge >= 0.3 is 0 Å². The number of anilines is 1. The van der Waals surface area contributed by atoms with Gasteiger partial charge in [0.25, 0.3) is 5.91 Å². The van der Waals surface area contributed by atoms with E-state index in [1.807, 2.05) is 18.2 Å². The summed E-state index contributed by atoms with van der Waals surface area (Å²) in [7, 11) is 1.54. The zero-order valence-electron chi connectivity index (χ0n) is 16.4. The number of halogens is 2. The first-order chi connectivity index (χ1) is 14.0. The van der Waals surface area contributed by atoms with E-state index in [0.29, 0.717) is 17.9 Å². The topological polar surface area (TPSA) is 40.6 Å². The molecule has 2 fully saturated rings. The molecule has 1 heterocycles. The summed E-state index contributed by atoms with van der Waals surface area (Å²) in [6.07, 6.45) is 4.65. The minimum absolute atomic E-state index is 0.0451. The first-order valence-electron chi connectivity index (χ1n) is 10.1. The summed E-state index contributed by atoms with van der Waals surface area (Å²) in [5.74, 6) is -2.07. The molecule has 6 heteroatoms. The molecule has 0 bridgehead atoms. The zero-order valence-corrected chi connectivity index (χ0v) is 16.4. The van der Waals surface area contributed by atoms with E-state index in [0.717, 1.165) is 37.8 Å². The largest absolute Gasteiger partial charge is 0.323 e. The molecule has 0 spiro atoms. The van der Waals surface area contributed by atoms with Gasteiger partial charge in [0.15, 0.2) is 11.6 Å². The van der Waals surface area contributed by atoms with E-state index in [-0.39, 0.29) is 23.5 Å². The van der Waals surface area contributed by atoms with E-state index in [4.69, 9.17) is 0 Å². The van der Waals surface area contributed by atoms with Gasteiger partial charge in [-0.25, -0.2) is 8.78 Å². The van der Waals surface area contributed by atoms with Crippen molar-refractivity contribution in [1.29, 1.82) is 0 Å². The lowest BCUT2D eigenvalue weighted by molar-refractivity contribution is -0.122. The average Bonchev–Trinajstić information content (AvgIpc) is 3.14.